The lowest BCUT2D eigenvalue weighted by molar-refractivity contribution is 0.226. The summed E-state index contributed by atoms with van der Waals surface area (Å²) in [4.78, 5) is 14.0. The summed E-state index contributed by atoms with van der Waals surface area (Å²) in [6, 6.07) is 8.89. The SMILES string of the molecule is OCCn1ncc(-c2ccnc(N3CCCC3)n2)c1[C@H]1CCCN1Cc1cccc(F)c1. The van der Waals surface area contributed by atoms with E-state index in [0.717, 1.165) is 60.9 Å². The minimum absolute atomic E-state index is 0.0214. The monoisotopic (exact) mass is 436 g/mol. The number of nitrogens with zero attached hydrogens (tertiary/aromatic N) is 6. The molecule has 1 N–H and O–H groups in total. The highest BCUT2D eigenvalue weighted by Crippen LogP contribution is 2.38. The summed E-state index contributed by atoms with van der Waals surface area (Å²) in [5, 5.41) is 14.2. The highest BCUT2D eigenvalue weighted by atomic mass is 19.1. The Bertz CT molecular complexity index is 1060. The third-order valence-electron chi connectivity index (χ3n) is 6.45. The molecule has 7 nitrogen and oxygen atoms in total. The first-order chi connectivity index (χ1) is 15.7. The smallest absolute Gasteiger partial charge is 0.225 e. The first kappa shape index (κ1) is 21.0. The molecule has 2 saturated heterocycles. The predicted octanol–water partition coefficient (Wildman–Crippen LogP) is 3.41. The van der Waals surface area contributed by atoms with Gasteiger partial charge in [-0.15, -0.1) is 0 Å². The quantitative estimate of drug-likeness (QED) is 0.612. The van der Waals surface area contributed by atoms with E-state index in [4.69, 9.17) is 4.98 Å². The molecule has 0 spiro atoms. The molecule has 2 aliphatic heterocycles. The second-order valence-corrected chi connectivity index (χ2v) is 8.58. The van der Waals surface area contributed by atoms with Crippen LogP contribution in [-0.2, 0) is 13.1 Å². The van der Waals surface area contributed by atoms with Crippen molar-refractivity contribution in [2.75, 3.05) is 31.1 Å². The van der Waals surface area contributed by atoms with E-state index in [0.29, 0.717) is 13.1 Å². The van der Waals surface area contributed by atoms with Gasteiger partial charge in [-0.3, -0.25) is 9.58 Å². The van der Waals surface area contributed by atoms with Gasteiger partial charge in [0.25, 0.3) is 0 Å². The van der Waals surface area contributed by atoms with Gasteiger partial charge >= 0.3 is 0 Å². The van der Waals surface area contributed by atoms with Crippen molar-refractivity contribution in [3.63, 3.8) is 0 Å². The maximum atomic E-state index is 13.7. The second kappa shape index (κ2) is 9.34. The van der Waals surface area contributed by atoms with Crippen molar-refractivity contribution < 1.29 is 9.50 Å². The molecule has 1 atom stereocenters. The van der Waals surface area contributed by atoms with E-state index < -0.39 is 0 Å². The number of halogens is 1. The molecule has 5 rings (SSSR count). The largest absolute Gasteiger partial charge is 0.394 e. The van der Waals surface area contributed by atoms with E-state index in [1.807, 2.05) is 29.2 Å². The van der Waals surface area contributed by atoms with Crippen LogP contribution in [0.3, 0.4) is 0 Å². The van der Waals surface area contributed by atoms with Crippen LogP contribution in [0, 0.1) is 5.82 Å². The summed E-state index contributed by atoms with van der Waals surface area (Å²) >= 11 is 0. The topological polar surface area (TPSA) is 70.3 Å². The van der Waals surface area contributed by atoms with Gasteiger partial charge < -0.3 is 10.0 Å². The van der Waals surface area contributed by atoms with Gasteiger partial charge in [0.2, 0.25) is 5.95 Å². The van der Waals surface area contributed by atoms with Gasteiger partial charge in [-0.25, -0.2) is 14.4 Å². The van der Waals surface area contributed by atoms with E-state index >= 15 is 0 Å². The summed E-state index contributed by atoms with van der Waals surface area (Å²) in [6.45, 7) is 4.05. The van der Waals surface area contributed by atoms with Gasteiger partial charge in [0.05, 0.1) is 36.8 Å². The third-order valence-corrected chi connectivity index (χ3v) is 6.45. The molecule has 2 aromatic heterocycles. The van der Waals surface area contributed by atoms with Crippen LogP contribution < -0.4 is 4.90 Å². The van der Waals surface area contributed by atoms with Gasteiger partial charge in [0.1, 0.15) is 5.82 Å². The first-order valence-electron chi connectivity index (χ1n) is 11.5. The average Bonchev–Trinajstić information content (AvgIpc) is 3.55. The Hall–Kier alpha value is -2.84. The van der Waals surface area contributed by atoms with E-state index in [1.165, 1.54) is 18.9 Å². The number of rotatable bonds is 7. The number of aromatic nitrogens is 4. The van der Waals surface area contributed by atoms with E-state index in [1.54, 1.807) is 12.1 Å². The van der Waals surface area contributed by atoms with Crippen LogP contribution in [0.5, 0.6) is 0 Å². The predicted molar refractivity (Wildman–Crippen MR) is 121 cm³/mol. The van der Waals surface area contributed by atoms with Crippen molar-refractivity contribution in [1.82, 2.24) is 24.6 Å². The third kappa shape index (κ3) is 4.25. The molecular weight excluding hydrogens is 407 g/mol. The Labute approximate surface area is 187 Å². The van der Waals surface area contributed by atoms with Crippen LogP contribution in [0.4, 0.5) is 10.3 Å². The molecule has 2 fully saturated rings. The fourth-order valence-corrected chi connectivity index (χ4v) is 4.98. The van der Waals surface area contributed by atoms with Gasteiger partial charge in [0.15, 0.2) is 0 Å². The van der Waals surface area contributed by atoms with Crippen LogP contribution in [0.2, 0.25) is 0 Å². The van der Waals surface area contributed by atoms with Crippen molar-refractivity contribution in [2.45, 2.75) is 44.8 Å². The van der Waals surface area contributed by atoms with Gasteiger partial charge in [0, 0.05) is 31.4 Å². The number of benzene rings is 1. The summed E-state index contributed by atoms with van der Waals surface area (Å²) in [5.41, 5.74) is 3.88. The molecule has 0 radical (unpaired) electrons. The zero-order valence-corrected chi connectivity index (χ0v) is 18.2. The second-order valence-electron chi connectivity index (χ2n) is 8.58. The Morgan fingerprint density at radius 2 is 1.97 bits per heavy atom. The first-order valence-corrected chi connectivity index (χ1v) is 11.5. The zero-order valence-electron chi connectivity index (χ0n) is 18.2. The number of hydrogen-bond donors (Lipinski definition) is 1. The number of aliphatic hydroxyl groups is 1. The average molecular weight is 437 g/mol. The van der Waals surface area contributed by atoms with Gasteiger partial charge in [-0.2, -0.15) is 5.10 Å². The van der Waals surface area contributed by atoms with Crippen LogP contribution >= 0.6 is 0 Å². The van der Waals surface area contributed by atoms with E-state index in [9.17, 15) is 9.50 Å². The van der Waals surface area contributed by atoms with E-state index in [-0.39, 0.29) is 18.5 Å². The zero-order chi connectivity index (χ0) is 21.9. The van der Waals surface area contributed by atoms with Crippen LogP contribution in [-0.4, -0.2) is 56.0 Å². The van der Waals surface area contributed by atoms with Crippen molar-refractivity contribution >= 4 is 5.95 Å². The highest BCUT2D eigenvalue weighted by molar-refractivity contribution is 5.63. The summed E-state index contributed by atoms with van der Waals surface area (Å²) in [5.74, 6) is 0.559. The van der Waals surface area contributed by atoms with Crippen LogP contribution in [0.1, 0.15) is 43.0 Å². The van der Waals surface area contributed by atoms with Crippen molar-refractivity contribution in [3.8, 4) is 11.3 Å². The van der Waals surface area contributed by atoms with Gasteiger partial charge in [-0.05, 0) is 56.0 Å². The normalized spacial score (nSPS) is 19.2. The molecule has 4 heterocycles. The molecule has 0 saturated carbocycles. The molecule has 8 heteroatoms. The molecule has 1 aromatic carbocycles. The minimum Gasteiger partial charge on any atom is -0.394 e. The maximum Gasteiger partial charge on any atom is 0.225 e. The molecule has 3 aromatic rings. The Balaban J connectivity index is 1.49. The highest BCUT2D eigenvalue weighted by Gasteiger charge is 2.32. The Morgan fingerprint density at radius 1 is 1.09 bits per heavy atom. The lowest BCUT2D eigenvalue weighted by Crippen LogP contribution is -2.26. The number of aliphatic hydroxyl groups excluding tert-OH is 1. The molecule has 32 heavy (non-hydrogen) atoms. The molecule has 168 valence electrons. The Morgan fingerprint density at radius 3 is 2.78 bits per heavy atom. The summed E-state index contributed by atoms with van der Waals surface area (Å²) < 4.78 is 15.7. The van der Waals surface area contributed by atoms with Gasteiger partial charge in [-0.1, -0.05) is 12.1 Å². The van der Waals surface area contributed by atoms with Crippen molar-refractivity contribution in [2.24, 2.45) is 0 Å². The number of likely N-dealkylation sites (tertiary alicyclic amines) is 1. The van der Waals surface area contributed by atoms with Crippen LogP contribution in [0.15, 0.2) is 42.7 Å². The fourth-order valence-electron chi connectivity index (χ4n) is 4.98. The molecular formula is C24H29FN6O. The van der Waals surface area contributed by atoms with Crippen molar-refractivity contribution in [1.29, 1.82) is 0 Å². The fraction of sp³-hybridized carbons (Fsp3) is 0.458. The number of anilines is 1. The minimum atomic E-state index is -0.209. The van der Waals surface area contributed by atoms with E-state index in [2.05, 4.69) is 19.9 Å². The van der Waals surface area contributed by atoms with Crippen LogP contribution in [0.25, 0.3) is 11.3 Å². The molecule has 0 bridgehead atoms. The summed E-state index contributed by atoms with van der Waals surface area (Å²) in [7, 11) is 0. The maximum absolute atomic E-state index is 13.7. The lowest BCUT2D eigenvalue weighted by Gasteiger charge is -2.26. The standard InChI is InChI=1S/C24H29FN6O/c25-19-6-3-5-18(15-19)17-30-12-4-7-22(30)23-20(16-27-31(23)13-14-32)21-8-9-26-24(28-21)29-10-1-2-11-29/h3,5-6,8-9,15-16,22,32H,1-2,4,7,10-14,17H2/t22-/m1/s1. The number of hydrogen-bond acceptors (Lipinski definition) is 6. The summed E-state index contributed by atoms with van der Waals surface area (Å²) in [6.07, 6.45) is 8.08. The lowest BCUT2D eigenvalue weighted by atomic mass is 10.0. The molecule has 2 aliphatic rings. The molecule has 0 amide bonds. The molecule has 0 aliphatic carbocycles. The van der Waals surface area contributed by atoms with Crippen molar-refractivity contribution in [3.05, 3.63) is 59.8 Å². The Kier molecular flexibility index (Phi) is 6.14. The molecule has 0 unspecified atom stereocenters.